The van der Waals surface area contributed by atoms with Crippen LogP contribution in [0.3, 0.4) is 0 Å². The van der Waals surface area contributed by atoms with Gasteiger partial charge in [0.1, 0.15) is 0 Å². The van der Waals surface area contributed by atoms with Gasteiger partial charge in [-0.2, -0.15) is 9.97 Å². The molecule has 6 heteroatoms. The summed E-state index contributed by atoms with van der Waals surface area (Å²) in [5.74, 6) is 2.44. The van der Waals surface area contributed by atoms with Crippen LogP contribution in [-0.2, 0) is 0 Å². The van der Waals surface area contributed by atoms with E-state index < -0.39 is 5.60 Å². The van der Waals surface area contributed by atoms with E-state index in [9.17, 15) is 0 Å². The van der Waals surface area contributed by atoms with Gasteiger partial charge in [0, 0.05) is 0 Å². The number of rotatable bonds is 3. The molecule has 0 unspecified atom stereocenters. The summed E-state index contributed by atoms with van der Waals surface area (Å²) in [5, 5.41) is -0.00956. The van der Waals surface area contributed by atoms with Crippen LogP contribution < -0.4 is 9.47 Å². The number of methoxy groups -OCH3 is 1. The average Bonchev–Trinajstić information content (AvgIpc) is 2.16. The van der Waals surface area contributed by atoms with E-state index in [-0.39, 0.29) is 17.3 Å². The van der Waals surface area contributed by atoms with E-state index in [1.807, 2.05) is 0 Å². The Morgan fingerprint density at radius 3 is 2.40 bits per heavy atom. The second kappa shape index (κ2) is 4.32. The van der Waals surface area contributed by atoms with Gasteiger partial charge in [0.15, 0.2) is 5.60 Å². The molecule has 15 heavy (non-hydrogen) atoms. The molecule has 0 N–H and O–H groups in total. The van der Waals surface area contributed by atoms with Crippen LogP contribution in [0.15, 0.2) is 0 Å². The monoisotopic (exact) mass is 227 g/mol. The van der Waals surface area contributed by atoms with Crippen LogP contribution in [0.2, 0.25) is 5.28 Å². The van der Waals surface area contributed by atoms with Gasteiger partial charge in [0.2, 0.25) is 5.28 Å². The highest BCUT2D eigenvalue weighted by Gasteiger charge is 2.18. The van der Waals surface area contributed by atoms with Crippen molar-refractivity contribution in [3.8, 4) is 24.4 Å². The summed E-state index contributed by atoms with van der Waals surface area (Å²) in [4.78, 5) is 11.3. The summed E-state index contributed by atoms with van der Waals surface area (Å²) in [5.41, 5.74) is -0.810. The second-order valence-corrected chi connectivity index (χ2v) is 3.47. The Hall–Kier alpha value is -1.54. The maximum atomic E-state index is 5.63. The molecular weight excluding hydrogens is 218 g/mol. The lowest BCUT2D eigenvalue weighted by molar-refractivity contribution is 0.153. The van der Waals surface area contributed by atoms with Gasteiger partial charge in [-0.25, -0.2) is 0 Å². The third-order valence-electron chi connectivity index (χ3n) is 1.44. The van der Waals surface area contributed by atoms with Crippen molar-refractivity contribution >= 4 is 11.6 Å². The molecule has 0 fully saturated rings. The molecule has 0 saturated heterocycles. The fourth-order valence-corrected chi connectivity index (χ4v) is 0.854. The van der Waals surface area contributed by atoms with E-state index in [4.69, 9.17) is 27.5 Å². The van der Waals surface area contributed by atoms with Gasteiger partial charge >= 0.3 is 12.0 Å². The predicted molar refractivity (Wildman–Crippen MR) is 54.9 cm³/mol. The number of halogens is 1. The van der Waals surface area contributed by atoms with Crippen LogP contribution in [0.5, 0.6) is 12.0 Å². The van der Waals surface area contributed by atoms with Crippen LogP contribution >= 0.6 is 11.6 Å². The molecule has 0 atom stereocenters. The number of aromatic nitrogens is 3. The number of hydrogen-bond donors (Lipinski definition) is 0. The average molecular weight is 228 g/mol. The van der Waals surface area contributed by atoms with Crippen molar-refractivity contribution < 1.29 is 9.47 Å². The van der Waals surface area contributed by atoms with Gasteiger partial charge in [-0.15, -0.1) is 11.4 Å². The van der Waals surface area contributed by atoms with Crippen molar-refractivity contribution in [1.29, 1.82) is 0 Å². The first kappa shape index (κ1) is 11.5. The quantitative estimate of drug-likeness (QED) is 0.729. The van der Waals surface area contributed by atoms with Crippen LogP contribution in [0.4, 0.5) is 0 Å². The highest BCUT2D eigenvalue weighted by molar-refractivity contribution is 6.28. The molecule has 1 heterocycles. The zero-order valence-corrected chi connectivity index (χ0v) is 9.37. The maximum absolute atomic E-state index is 5.63. The van der Waals surface area contributed by atoms with Crippen LogP contribution in [-0.4, -0.2) is 27.7 Å². The van der Waals surface area contributed by atoms with E-state index in [0.29, 0.717) is 0 Å². The van der Waals surface area contributed by atoms with Crippen LogP contribution in [0.25, 0.3) is 0 Å². The van der Waals surface area contributed by atoms with Crippen molar-refractivity contribution in [3.05, 3.63) is 5.28 Å². The summed E-state index contributed by atoms with van der Waals surface area (Å²) in [6, 6.07) is 0.118. The van der Waals surface area contributed by atoms with Gasteiger partial charge in [-0.05, 0) is 25.4 Å². The van der Waals surface area contributed by atoms with Gasteiger partial charge in [0.05, 0.1) is 7.11 Å². The molecule has 0 saturated carbocycles. The Labute approximate surface area is 92.8 Å². The lowest BCUT2D eigenvalue weighted by Crippen LogP contribution is -2.26. The molecule has 0 aliphatic rings. The fraction of sp³-hybridized carbons (Fsp3) is 0.444. The lowest BCUT2D eigenvalue weighted by atomic mass is 10.2. The van der Waals surface area contributed by atoms with Gasteiger partial charge in [-0.3, -0.25) is 0 Å². The molecule has 5 nitrogen and oxygen atoms in total. The van der Waals surface area contributed by atoms with E-state index in [0.717, 1.165) is 0 Å². The van der Waals surface area contributed by atoms with Crippen molar-refractivity contribution in [3.63, 3.8) is 0 Å². The molecule has 1 aromatic rings. The summed E-state index contributed by atoms with van der Waals surface area (Å²) in [6.07, 6.45) is 5.25. The predicted octanol–water partition coefficient (Wildman–Crippen LogP) is 1.32. The Morgan fingerprint density at radius 1 is 1.27 bits per heavy atom. The van der Waals surface area contributed by atoms with Gasteiger partial charge in [-0.1, -0.05) is 5.92 Å². The molecule has 0 aliphatic carbocycles. The topological polar surface area (TPSA) is 57.1 Å². The maximum Gasteiger partial charge on any atom is 0.325 e. The Balaban J connectivity index is 2.96. The van der Waals surface area contributed by atoms with Crippen LogP contribution in [0, 0.1) is 12.3 Å². The van der Waals surface area contributed by atoms with Crippen molar-refractivity contribution in [2.75, 3.05) is 7.11 Å². The number of hydrogen-bond acceptors (Lipinski definition) is 5. The van der Waals surface area contributed by atoms with E-state index in [1.54, 1.807) is 13.8 Å². The summed E-state index contributed by atoms with van der Waals surface area (Å²) < 4.78 is 10.1. The fourth-order valence-electron chi connectivity index (χ4n) is 0.709. The molecule has 80 valence electrons. The first-order valence-electron chi connectivity index (χ1n) is 4.09. The minimum atomic E-state index is -0.810. The third-order valence-corrected chi connectivity index (χ3v) is 1.61. The Kier molecular flexibility index (Phi) is 3.32. The molecular formula is C9H10ClN3O2. The van der Waals surface area contributed by atoms with E-state index in [2.05, 4.69) is 20.9 Å². The molecule has 0 bridgehead atoms. The summed E-state index contributed by atoms with van der Waals surface area (Å²) in [7, 11) is 1.42. The Bertz CT molecular complexity index is 401. The summed E-state index contributed by atoms with van der Waals surface area (Å²) >= 11 is 5.63. The lowest BCUT2D eigenvalue weighted by Gasteiger charge is -2.18. The molecule has 0 aromatic carbocycles. The van der Waals surface area contributed by atoms with Crippen LogP contribution in [0.1, 0.15) is 13.8 Å². The first-order chi connectivity index (χ1) is 6.96. The second-order valence-electron chi connectivity index (χ2n) is 3.13. The molecule has 1 aromatic heterocycles. The van der Waals surface area contributed by atoms with Gasteiger partial charge < -0.3 is 9.47 Å². The minimum Gasteiger partial charge on any atom is -0.467 e. The van der Waals surface area contributed by atoms with Crippen molar-refractivity contribution in [1.82, 2.24) is 15.0 Å². The number of terminal acetylenes is 1. The molecule has 0 amide bonds. The molecule has 0 aliphatic heterocycles. The summed E-state index contributed by atoms with van der Waals surface area (Å²) in [6.45, 7) is 3.41. The van der Waals surface area contributed by atoms with Gasteiger partial charge in [0.25, 0.3) is 0 Å². The first-order valence-corrected chi connectivity index (χ1v) is 4.47. The Morgan fingerprint density at radius 2 is 1.87 bits per heavy atom. The highest BCUT2D eigenvalue weighted by atomic mass is 35.5. The zero-order chi connectivity index (χ0) is 11.5. The normalized spacial score (nSPS) is 10.6. The SMILES string of the molecule is C#CC(C)(C)Oc1nc(Cl)nc(OC)n1. The van der Waals surface area contributed by atoms with Crippen molar-refractivity contribution in [2.24, 2.45) is 0 Å². The minimum absolute atomic E-state index is 0.00956. The molecule has 0 radical (unpaired) electrons. The third kappa shape index (κ3) is 3.26. The molecule has 0 spiro atoms. The standard InChI is InChI=1S/C9H10ClN3O2/c1-5-9(2,3)15-8-12-6(10)11-7(13-8)14-4/h1H,2-4H3. The van der Waals surface area contributed by atoms with E-state index in [1.165, 1.54) is 7.11 Å². The zero-order valence-electron chi connectivity index (χ0n) is 8.61. The van der Waals surface area contributed by atoms with E-state index >= 15 is 0 Å². The number of ether oxygens (including phenoxy) is 2. The number of nitrogens with zero attached hydrogens (tertiary/aromatic N) is 3. The molecule has 1 rings (SSSR count). The van der Waals surface area contributed by atoms with Crippen molar-refractivity contribution in [2.45, 2.75) is 19.4 Å². The largest absolute Gasteiger partial charge is 0.467 e. The highest BCUT2D eigenvalue weighted by Crippen LogP contribution is 2.17. The smallest absolute Gasteiger partial charge is 0.325 e.